The maximum absolute atomic E-state index is 13.3. The summed E-state index contributed by atoms with van der Waals surface area (Å²) in [6.07, 6.45) is 1.02. The molecule has 1 atom stereocenters. The quantitative estimate of drug-likeness (QED) is 0.890. The lowest BCUT2D eigenvalue weighted by molar-refractivity contribution is 0.321. The van der Waals surface area contributed by atoms with E-state index in [9.17, 15) is 4.39 Å². The fraction of sp³-hybridized carbons (Fsp3) is 0.455. The number of likely N-dealkylation sites (tertiary alicyclic amines) is 1. The highest BCUT2D eigenvalue weighted by Gasteiger charge is 2.19. The molecular weight excluding hydrogens is 250 g/mol. The number of benzene rings is 1. The molecule has 0 radical (unpaired) electrons. The topological polar surface area (TPSA) is 29.3 Å². The predicted octanol–water partition coefficient (Wildman–Crippen LogP) is 2.20. The van der Waals surface area contributed by atoms with E-state index in [2.05, 4.69) is 4.90 Å². The van der Waals surface area contributed by atoms with Crippen molar-refractivity contribution in [3.63, 3.8) is 0 Å². The van der Waals surface area contributed by atoms with Crippen LogP contribution in [0.3, 0.4) is 0 Å². The lowest BCUT2D eigenvalue weighted by Gasteiger charge is -2.15. The first-order valence-corrected chi connectivity index (χ1v) is 4.97. The number of hydrogen-bond donors (Lipinski definition) is 1. The molecule has 0 aromatic heterocycles. The SMILES string of the molecule is Cl.Cl.N[C@H]1CCN(Cc2ccccc2F)C1. The molecule has 1 aliphatic heterocycles. The minimum atomic E-state index is -0.118. The second-order valence-corrected chi connectivity index (χ2v) is 3.88. The largest absolute Gasteiger partial charge is 0.326 e. The summed E-state index contributed by atoms with van der Waals surface area (Å²) >= 11 is 0. The van der Waals surface area contributed by atoms with Gasteiger partial charge in [-0.25, -0.2) is 4.39 Å². The third-order valence-corrected chi connectivity index (χ3v) is 2.66. The summed E-state index contributed by atoms with van der Waals surface area (Å²) in [5.41, 5.74) is 6.55. The third-order valence-electron chi connectivity index (χ3n) is 2.66. The van der Waals surface area contributed by atoms with Crippen LogP contribution in [0, 0.1) is 5.82 Å². The van der Waals surface area contributed by atoms with Crippen LogP contribution >= 0.6 is 24.8 Å². The molecule has 0 amide bonds. The Bertz CT molecular complexity index is 323. The summed E-state index contributed by atoms with van der Waals surface area (Å²) in [5, 5.41) is 0. The Balaban J connectivity index is 0.00000112. The maximum Gasteiger partial charge on any atom is 0.127 e. The van der Waals surface area contributed by atoms with Crippen LogP contribution in [0.15, 0.2) is 24.3 Å². The van der Waals surface area contributed by atoms with Crippen LogP contribution in [0.5, 0.6) is 0 Å². The summed E-state index contributed by atoms with van der Waals surface area (Å²) in [7, 11) is 0. The number of hydrogen-bond acceptors (Lipinski definition) is 2. The van der Waals surface area contributed by atoms with Crippen molar-refractivity contribution in [2.75, 3.05) is 13.1 Å². The first-order valence-electron chi connectivity index (χ1n) is 4.97. The van der Waals surface area contributed by atoms with Gasteiger partial charge < -0.3 is 5.73 Å². The molecule has 92 valence electrons. The van der Waals surface area contributed by atoms with E-state index >= 15 is 0 Å². The maximum atomic E-state index is 13.3. The van der Waals surface area contributed by atoms with Crippen LogP contribution in [0.4, 0.5) is 4.39 Å². The number of rotatable bonds is 2. The van der Waals surface area contributed by atoms with Crippen molar-refractivity contribution in [1.82, 2.24) is 4.90 Å². The van der Waals surface area contributed by atoms with Gasteiger partial charge in [-0.2, -0.15) is 0 Å². The Labute approximate surface area is 108 Å². The van der Waals surface area contributed by atoms with Crippen molar-refractivity contribution >= 4 is 24.8 Å². The molecule has 2 rings (SSSR count). The molecule has 16 heavy (non-hydrogen) atoms. The van der Waals surface area contributed by atoms with Crippen LogP contribution in [0.25, 0.3) is 0 Å². The first kappa shape index (κ1) is 15.7. The highest BCUT2D eigenvalue weighted by Crippen LogP contribution is 2.14. The van der Waals surface area contributed by atoms with Gasteiger partial charge in [-0.05, 0) is 12.5 Å². The molecule has 1 heterocycles. The molecule has 2 nitrogen and oxygen atoms in total. The molecule has 0 saturated carbocycles. The van der Waals surface area contributed by atoms with Gasteiger partial charge in [-0.15, -0.1) is 24.8 Å². The Morgan fingerprint density at radius 2 is 2.00 bits per heavy atom. The van der Waals surface area contributed by atoms with E-state index in [1.54, 1.807) is 6.07 Å². The highest BCUT2D eigenvalue weighted by atomic mass is 35.5. The van der Waals surface area contributed by atoms with Crippen molar-refractivity contribution in [2.24, 2.45) is 5.73 Å². The van der Waals surface area contributed by atoms with Crippen LogP contribution in [-0.4, -0.2) is 24.0 Å². The van der Waals surface area contributed by atoms with Gasteiger partial charge in [0.2, 0.25) is 0 Å². The summed E-state index contributed by atoms with van der Waals surface area (Å²) in [6.45, 7) is 2.55. The van der Waals surface area contributed by atoms with E-state index in [4.69, 9.17) is 5.73 Å². The summed E-state index contributed by atoms with van der Waals surface area (Å²) in [4.78, 5) is 2.20. The molecule has 2 N–H and O–H groups in total. The second kappa shape index (κ2) is 7.07. The minimum Gasteiger partial charge on any atom is -0.326 e. The molecule has 5 heteroatoms. The minimum absolute atomic E-state index is 0. The third kappa shape index (κ3) is 3.91. The molecular formula is C11H17Cl2FN2. The van der Waals surface area contributed by atoms with Crippen LogP contribution in [0.2, 0.25) is 0 Å². The molecule has 1 saturated heterocycles. The van der Waals surface area contributed by atoms with Gasteiger partial charge in [-0.3, -0.25) is 4.90 Å². The second-order valence-electron chi connectivity index (χ2n) is 3.88. The molecule has 0 bridgehead atoms. The predicted molar refractivity (Wildman–Crippen MR) is 68.8 cm³/mol. The fourth-order valence-corrected chi connectivity index (χ4v) is 1.87. The van der Waals surface area contributed by atoms with E-state index in [0.29, 0.717) is 6.54 Å². The highest BCUT2D eigenvalue weighted by molar-refractivity contribution is 5.85. The Morgan fingerprint density at radius 3 is 2.56 bits per heavy atom. The average Bonchev–Trinajstić information content (AvgIpc) is 2.56. The van der Waals surface area contributed by atoms with Gasteiger partial charge in [0.25, 0.3) is 0 Å². The lowest BCUT2D eigenvalue weighted by Crippen LogP contribution is -2.26. The molecule has 1 aromatic rings. The van der Waals surface area contributed by atoms with Crippen molar-refractivity contribution in [2.45, 2.75) is 19.0 Å². The van der Waals surface area contributed by atoms with Gasteiger partial charge in [0.05, 0.1) is 0 Å². The molecule has 0 unspecified atom stereocenters. The van der Waals surface area contributed by atoms with E-state index in [0.717, 1.165) is 25.1 Å². The van der Waals surface area contributed by atoms with E-state index in [-0.39, 0.29) is 36.7 Å². The first-order chi connectivity index (χ1) is 6.75. The number of nitrogens with two attached hydrogens (primary N) is 1. The van der Waals surface area contributed by atoms with Gasteiger partial charge in [-0.1, -0.05) is 18.2 Å². The van der Waals surface area contributed by atoms with Crippen LogP contribution < -0.4 is 5.73 Å². The molecule has 1 aromatic carbocycles. The van der Waals surface area contributed by atoms with Crippen molar-refractivity contribution < 1.29 is 4.39 Å². The van der Waals surface area contributed by atoms with E-state index < -0.39 is 0 Å². The molecule has 0 spiro atoms. The van der Waals surface area contributed by atoms with Crippen molar-refractivity contribution in [3.05, 3.63) is 35.6 Å². The average molecular weight is 267 g/mol. The van der Waals surface area contributed by atoms with Gasteiger partial charge in [0, 0.05) is 31.2 Å². The van der Waals surface area contributed by atoms with Crippen molar-refractivity contribution in [3.8, 4) is 0 Å². The van der Waals surface area contributed by atoms with E-state index in [1.807, 2.05) is 12.1 Å². The van der Waals surface area contributed by atoms with Gasteiger partial charge in [0.15, 0.2) is 0 Å². The molecule has 1 fully saturated rings. The van der Waals surface area contributed by atoms with Crippen LogP contribution in [-0.2, 0) is 6.54 Å². The Morgan fingerprint density at radius 1 is 1.31 bits per heavy atom. The van der Waals surface area contributed by atoms with Gasteiger partial charge in [0.1, 0.15) is 5.82 Å². The summed E-state index contributed by atoms with van der Waals surface area (Å²) in [6, 6.07) is 7.19. The number of halogens is 3. The normalized spacial score (nSPS) is 20.0. The zero-order chi connectivity index (χ0) is 9.97. The van der Waals surface area contributed by atoms with Crippen LogP contribution in [0.1, 0.15) is 12.0 Å². The molecule has 1 aliphatic rings. The van der Waals surface area contributed by atoms with Crippen molar-refractivity contribution in [1.29, 1.82) is 0 Å². The van der Waals surface area contributed by atoms with E-state index in [1.165, 1.54) is 6.07 Å². The van der Waals surface area contributed by atoms with Gasteiger partial charge >= 0.3 is 0 Å². The fourth-order valence-electron chi connectivity index (χ4n) is 1.87. The Hall–Kier alpha value is -0.350. The smallest absolute Gasteiger partial charge is 0.127 e. The zero-order valence-electron chi connectivity index (χ0n) is 8.93. The number of nitrogens with zero attached hydrogens (tertiary/aromatic N) is 1. The standard InChI is InChI=1S/C11H15FN2.2ClH/c12-11-4-2-1-3-9(11)7-14-6-5-10(13)8-14;;/h1-4,10H,5-8,13H2;2*1H/t10-;;/m0../s1. The molecule has 0 aliphatic carbocycles. The summed E-state index contributed by atoms with van der Waals surface area (Å²) < 4.78 is 13.3. The summed E-state index contributed by atoms with van der Waals surface area (Å²) in [5.74, 6) is -0.118. The zero-order valence-corrected chi connectivity index (χ0v) is 10.6. The monoisotopic (exact) mass is 266 g/mol. The Kier molecular flexibility index (Phi) is 6.91. The lowest BCUT2D eigenvalue weighted by atomic mass is 10.2.